The van der Waals surface area contributed by atoms with Gasteiger partial charge in [0, 0.05) is 10.0 Å². The molecule has 0 radical (unpaired) electrons. The first kappa shape index (κ1) is 11.8. The Morgan fingerprint density at radius 1 is 1.43 bits per heavy atom. The molecule has 0 aromatic heterocycles. The quantitative estimate of drug-likeness (QED) is 0.844. The normalized spacial score (nSPS) is 15.2. The zero-order valence-corrected chi connectivity index (χ0v) is 9.39. The van der Waals surface area contributed by atoms with Gasteiger partial charge in [-0.15, -0.1) is 0 Å². The third-order valence-corrected chi connectivity index (χ3v) is 2.72. The molecule has 0 saturated heterocycles. The predicted octanol–water partition coefficient (Wildman–Crippen LogP) is 2.76. The number of aliphatic hydroxyl groups is 1. The van der Waals surface area contributed by atoms with Crippen molar-refractivity contribution in [2.45, 2.75) is 25.5 Å². The molecular weight excluding hydrogens is 221 g/mol. The molecular formula is C10H13Cl2NO. The van der Waals surface area contributed by atoms with Crippen LogP contribution in [0.3, 0.4) is 0 Å². The fraction of sp³-hybridized carbons (Fsp3) is 0.400. The van der Waals surface area contributed by atoms with Crippen LogP contribution in [0.2, 0.25) is 10.0 Å². The van der Waals surface area contributed by atoms with Crippen LogP contribution < -0.4 is 5.73 Å². The number of hydrogen-bond donors (Lipinski definition) is 2. The van der Waals surface area contributed by atoms with Gasteiger partial charge in [0.25, 0.3) is 0 Å². The van der Waals surface area contributed by atoms with Crippen molar-refractivity contribution >= 4 is 23.2 Å². The van der Waals surface area contributed by atoms with Gasteiger partial charge in [-0.1, -0.05) is 36.2 Å². The van der Waals surface area contributed by atoms with Crippen LogP contribution in [0.15, 0.2) is 18.2 Å². The first-order chi connectivity index (χ1) is 6.56. The minimum Gasteiger partial charge on any atom is -0.391 e. The summed E-state index contributed by atoms with van der Waals surface area (Å²) < 4.78 is 0. The molecule has 0 heterocycles. The lowest BCUT2D eigenvalue weighted by Gasteiger charge is -2.18. The second-order valence-electron chi connectivity index (χ2n) is 3.17. The van der Waals surface area contributed by atoms with Crippen LogP contribution >= 0.6 is 23.2 Å². The Morgan fingerprint density at radius 3 is 2.57 bits per heavy atom. The van der Waals surface area contributed by atoms with Crippen molar-refractivity contribution in [1.29, 1.82) is 0 Å². The average Bonchev–Trinajstić information content (AvgIpc) is 2.15. The lowest BCUT2D eigenvalue weighted by Crippen LogP contribution is -2.25. The van der Waals surface area contributed by atoms with Gasteiger partial charge in [-0.25, -0.2) is 0 Å². The molecule has 1 aromatic carbocycles. The summed E-state index contributed by atoms with van der Waals surface area (Å²) in [6, 6.07) is 4.63. The van der Waals surface area contributed by atoms with Crippen LogP contribution in [0, 0.1) is 0 Å². The zero-order chi connectivity index (χ0) is 10.7. The molecule has 1 rings (SSSR count). The molecule has 1 aromatic rings. The maximum atomic E-state index is 9.56. The van der Waals surface area contributed by atoms with Gasteiger partial charge >= 0.3 is 0 Å². The third kappa shape index (κ3) is 2.61. The Balaban J connectivity index is 2.95. The maximum absolute atomic E-state index is 9.56. The lowest BCUT2D eigenvalue weighted by molar-refractivity contribution is 0.141. The summed E-state index contributed by atoms with van der Waals surface area (Å²) in [6.45, 7) is 1.87. The molecule has 0 aliphatic carbocycles. The van der Waals surface area contributed by atoms with Crippen molar-refractivity contribution in [2.24, 2.45) is 5.73 Å². The van der Waals surface area contributed by atoms with Crippen molar-refractivity contribution in [3.05, 3.63) is 33.8 Å². The molecule has 0 aliphatic heterocycles. The van der Waals surface area contributed by atoms with E-state index in [0.717, 1.165) is 5.56 Å². The van der Waals surface area contributed by atoms with E-state index < -0.39 is 12.1 Å². The summed E-state index contributed by atoms with van der Waals surface area (Å²) in [5.74, 6) is 0. The minimum atomic E-state index is -0.575. The van der Waals surface area contributed by atoms with Crippen LogP contribution in [0.4, 0.5) is 0 Å². The van der Waals surface area contributed by atoms with E-state index in [1.54, 1.807) is 18.2 Å². The van der Waals surface area contributed by atoms with Gasteiger partial charge in [-0.2, -0.15) is 0 Å². The Hall–Kier alpha value is -0.280. The molecule has 2 unspecified atom stereocenters. The average molecular weight is 234 g/mol. The van der Waals surface area contributed by atoms with Gasteiger partial charge in [0.15, 0.2) is 0 Å². The molecule has 4 heteroatoms. The second-order valence-corrected chi connectivity index (χ2v) is 4.01. The summed E-state index contributed by atoms with van der Waals surface area (Å²) in [7, 11) is 0. The largest absolute Gasteiger partial charge is 0.391 e. The van der Waals surface area contributed by atoms with Gasteiger partial charge in [-0.3, -0.25) is 0 Å². The van der Waals surface area contributed by atoms with Crippen LogP contribution in [0.1, 0.15) is 24.9 Å². The van der Waals surface area contributed by atoms with Gasteiger partial charge in [0.05, 0.1) is 12.1 Å². The van der Waals surface area contributed by atoms with Gasteiger partial charge in [-0.05, 0) is 24.1 Å². The second kappa shape index (κ2) is 4.99. The van der Waals surface area contributed by atoms with Crippen LogP contribution in [0.5, 0.6) is 0 Å². The number of benzene rings is 1. The molecule has 0 amide bonds. The highest BCUT2D eigenvalue weighted by molar-refractivity contribution is 6.35. The first-order valence-electron chi connectivity index (χ1n) is 4.44. The third-order valence-electron chi connectivity index (χ3n) is 2.15. The minimum absolute atomic E-state index is 0.454. The molecule has 78 valence electrons. The number of hydrogen-bond acceptors (Lipinski definition) is 2. The molecule has 0 bridgehead atoms. The van der Waals surface area contributed by atoms with E-state index >= 15 is 0 Å². The van der Waals surface area contributed by atoms with Crippen molar-refractivity contribution in [3.8, 4) is 0 Å². The Bertz CT molecular complexity index is 317. The van der Waals surface area contributed by atoms with E-state index in [1.807, 2.05) is 6.92 Å². The van der Waals surface area contributed by atoms with Crippen LogP contribution in [-0.2, 0) is 0 Å². The topological polar surface area (TPSA) is 46.2 Å². The van der Waals surface area contributed by atoms with Crippen molar-refractivity contribution in [1.82, 2.24) is 0 Å². The van der Waals surface area contributed by atoms with Gasteiger partial charge in [0.2, 0.25) is 0 Å². The van der Waals surface area contributed by atoms with E-state index in [-0.39, 0.29) is 0 Å². The molecule has 3 N–H and O–H groups in total. The molecule has 14 heavy (non-hydrogen) atoms. The van der Waals surface area contributed by atoms with Crippen LogP contribution in [-0.4, -0.2) is 11.2 Å². The molecule has 2 atom stereocenters. The van der Waals surface area contributed by atoms with E-state index in [9.17, 15) is 5.11 Å². The van der Waals surface area contributed by atoms with E-state index in [4.69, 9.17) is 28.9 Å². The van der Waals surface area contributed by atoms with Crippen molar-refractivity contribution in [2.75, 3.05) is 0 Å². The standard InChI is InChI=1S/C10H13Cl2NO/c1-2-9(14)10(13)7-4-3-6(11)5-8(7)12/h3-5,9-10,14H,2,13H2,1H3. The molecule has 0 fully saturated rings. The molecule has 0 aliphatic rings. The number of aliphatic hydroxyl groups excluding tert-OH is 1. The molecule has 0 spiro atoms. The molecule has 2 nitrogen and oxygen atoms in total. The van der Waals surface area contributed by atoms with Crippen LogP contribution in [0.25, 0.3) is 0 Å². The highest BCUT2D eigenvalue weighted by Crippen LogP contribution is 2.27. The lowest BCUT2D eigenvalue weighted by atomic mass is 10.0. The fourth-order valence-corrected chi connectivity index (χ4v) is 1.77. The number of nitrogens with two attached hydrogens (primary N) is 1. The molecule has 0 saturated carbocycles. The van der Waals surface area contributed by atoms with E-state index in [0.29, 0.717) is 16.5 Å². The summed E-state index contributed by atoms with van der Waals surface area (Å²) in [6.07, 6.45) is 0.0220. The Kier molecular flexibility index (Phi) is 4.20. The maximum Gasteiger partial charge on any atom is 0.0730 e. The highest BCUT2D eigenvalue weighted by Gasteiger charge is 2.17. The van der Waals surface area contributed by atoms with E-state index in [1.165, 1.54) is 0 Å². The number of rotatable bonds is 3. The van der Waals surface area contributed by atoms with Crippen molar-refractivity contribution < 1.29 is 5.11 Å². The number of halogens is 2. The predicted molar refractivity (Wildman–Crippen MR) is 59.7 cm³/mol. The van der Waals surface area contributed by atoms with E-state index in [2.05, 4.69) is 0 Å². The summed E-state index contributed by atoms with van der Waals surface area (Å²) >= 11 is 11.7. The highest BCUT2D eigenvalue weighted by atomic mass is 35.5. The van der Waals surface area contributed by atoms with Gasteiger partial charge in [0.1, 0.15) is 0 Å². The van der Waals surface area contributed by atoms with Crippen molar-refractivity contribution in [3.63, 3.8) is 0 Å². The summed E-state index contributed by atoms with van der Waals surface area (Å²) in [4.78, 5) is 0. The first-order valence-corrected chi connectivity index (χ1v) is 5.20. The fourth-order valence-electron chi connectivity index (χ4n) is 1.23. The Labute approximate surface area is 93.6 Å². The monoisotopic (exact) mass is 233 g/mol. The summed E-state index contributed by atoms with van der Waals surface area (Å²) in [5, 5.41) is 10.6. The zero-order valence-electron chi connectivity index (χ0n) is 7.87. The van der Waals surface area contributed by atoms with Gasteiger partial charge < -0.3 is 10.8 Å². The SMILES string of the molecule is CCC(O)C(N)c1ccc(Cl)cc1Cl. The summed E-state index contributed by atoms with van der Waals surface area (Å²) in [5.41, 5.74) is 6.55. The smallest absolute Gasteiger partial charge is 0.0730 e. The Morgan fingerprint density at radius 2 is 2.07 bits per heavy atom.